The molecule has 0 saturated heterocycles. The highest BCUT2D eigenvalue weighted by Crippen LogP contribution is 2.30. The molecule has 0 bridgehead atoms. The third kappa shape index (κ3) is 2.07. The minimum Gasteiger partial charge on any atom is -0.456 e. The molecule has 1 aromatic heterocycles. The van der Waals surface area contributed by atoms with Crippen molar-refractivity contribution < 1.29 is 13.2 Å². The molecular weight excluding hydrogens is 284 g/mol. The van der Waals surface area contributed by atoms with Gasteiger partial charge >= 0.3 is 0 Å². The minimum atomic E-state index is -0.847. The Labute approximate surface area is 118 Å². The van der Waals surface area contributed by atoms with Crippen LogP contribution in [0.3, 0.4) is 0 Å². The topological polar surface area (TPSA) is 39.2 Å². The van der Waals surface area contributed by atoms with E-state index in [0.717, 1.165) is 0 Å². The van der Waals surface area contributed by atoms with Gasteiger partial charge in [0, 0.05) is 10.9 Å². The van der Waals surface area contributed by atoms with Crippen LogP contribution in [0.25, 0.3) is 11.0 Å². The molecule has 3 aromatic rings. The first-order valence-electron chi connectivity index (χ1n) is 5.95. The maximum Gasteiger partial charge on any atom is 0.169 e. The molecule has 102 valence electrons. The van der Waals surface area contributed by atoms with Gasteiger partial charge in [0.2, 0.25) is 0 Å². The quantitative estimate of drug-likeness (QED) is 0.760. The number of nitrogens with two attached hydrogens (primary N) is 1. The molecule has 2 N–H and O–H groups in total. The van der Waals surface area contributed by atoms with E-state index in [-0.39, 0.29) is 21.9 Å². The molecule has 0 fully saturated rings. The van der Waals surface area contributed by atoms with Crippen molar-refractivity contribution in [2.45, 2.75) is 6.04 Å². The molecule has 0 saturated carbocycles. The zero-order valence-electron chi connectivity index (χ0n) is 10.2. The maximum atomic E-state index is 13.9. The standard InChI is InChI=1S/C15H10ClF2NO/c16-10-5-2-4-9(13(10)18)14(19)12-7-8-3-1-6-11(17)15(8)20-12/h1-7,14H,19H2. The Morgan fingerprint density at radius 3 is 2.60 bits per heavy atom. The fourth-order valence-corrected chi connectivity index (χ4v) is 2.30. The van der Waals surface area contributed by atoms with E-state index in [1.54, 1.807) is 24.3 Å². The van der Waals surface area contributed by atoms with Crippen LogP contribution < -0.4 is 5.73 Å². The molecule has 1 unspecified atom stereocenters. The first-order valence-corrected chi connectivity index (χ1v) is 6.33. The van der Waals surface area contributed by atoms with Gasteiger partial charge in [-0.2, -0.15) is 0 Å². The second kappa shape index (κ2) is 4.89. The lowest BCUT2D eigenvalue weighted by molar-refractivity contribution is 0.492. The molecule has 0 aliphatic rings. The van der Waals surface area contributed by atoms with Crippen LogP contribution in [0.4, 0.5) is 8.78 Å². The highest BCUT2D eigenvalue weighted by molar-refractivity contribution is 6.30. The van der Waals surface area contributed by atoms with Gasteiger partial charge in [-0.05, 0) is 18.2 Å². The Balaban J connectivity index is 2.10. The van der Waals surface area contributed by atoms with E-state index in [4.69, 9.17) is 21.8 Å². The van der Waals surface area contributed by atoms with Gasteiger partial charge in [-0.15, -0.1) is 0 Å². The fraction of sp³-hybridized carbons (Fsp3) is 0.0667. The summed E-state index contributed by atoms with van der Waals surface area (Å²) in [6, 6.07) is 9.88. The SMILES string of the molecule is NC(c1cc2cccc(F)c2o1)c1cccc(Cl)c1F. The second-order valence-corrected chi connectivity index (χ2v) is 4.83. The van der Waals surface area contributed by atoms with Crippen LogP contribution in [0.2, 0.25) is 5.02 Å². The third-order valence-electron chi connectivity index (χ3n) is 3.14. The van der Waals surface area contributed by atoms with Crippen molar-refractivity contribution in [2.24, 2.45) is 5.73 Å². The summed E-state index contributed by atoms with van der Waals surface area (Å²) in [6.45, 7) is 0. The molecule has 0 aliphatic heterocycles. The predicted molar refractivity (Wildman–Crippen MR) is 73.6 cm³/mol. The first-order chi connectivity index (χ1) is 9.58. The van der Waals surface area contributed by atoms with Crippen LogP contribution in [0.1, 0.15) is 17.4 Å². The van der Waals surface area contributed by atoms with E-state index in [9.17, 15) is 8.78 Å². The predicted octanol–water partition coefficient (Wildman–Crippen LogP) is 4.41. The summed E-state index contributed by atoms with van der Waals surface area (Å²) < 4.78 is 32.9. The molecular formula is C15H10ClF2NO. The summed E-state index contributed by atoms with van der Waals surface area (Å²) in [6.07, 6.45) is 0. The van der Waals surface area contributed by atoms with E-state index >= 15 is 0 Å². The lowest BCUT2D eigenvalue weighted by atomic mass is 10.0. The fourth-order valence-electron chi connectivity index (χ4n) is 2.11. The Kier molecular flexibility index (Phi) is 3.20. The van der Waals surface area contributed by atoms with Crippen molar-refractivity contribution >= 4 is 22.6 Å². The Hall–Kier alpha value is -1.91. The summed E-state index contributed by atoms with van der Waals surface area (Å²) in [5.41, 5.74) is 6.30. The lowest BCUT2D eigenvalue weighted by Gasteiger charge is -2.10. The van der Waals surface area contributed by atoms with Crippen molar-refractivity contribution in [2.75, 3.05) is 0 Å². The van der Waals surface area contributed by atoms with Crippen molar-refractivity contribution in [3.63, 3.8) is 0 Å². The molecule has 5 heteroatoms. The van der Waals surface area contributed by atoms with E-state index in [2.05, 4.69) is 0 Å². The molecule has 2 aromatic carbocycles. The molecule has 0 radical (unpaired) electrons. The highest BCUT2D eigenvalue weighted by atomic mass is 35.5. The summed E-state index contributed by atoms with van der Waals surface area (Å²) in [7, 11) is 0. The Morgan fingerprint density at radius 2 is 1.85 bits per heavy atom. The molecule has 2 nitrogen and oxygen atoms in total. The van der Waals surface area contributed by atoms with Gasteiger partial charge in [0.15, 0.2) is 11.4 Å². The summed E-state index contributed by atoms with van der Waals surface area (Å²) in [5, 5.41) is 0.568. The van der Waals surface area contributed by atoms with Gasteiger partial charge in [0.1, 0.15) is 11.6 Å². The van der Waals surface area contributed by atoms with Crippen LogP contribution in [0.5, 0.6) is 0 Å². The van der Waals surface area contributed by atoms with E-state index in [1.807, 2.05) is 0 Å². The summed E-state index contributed by atoms with van der Waals surface area (Å²) in [5.74, 6) is -0.790. The average molecular weight is 294 g/mol. The van der Waals surface area contributed by atoms with Crippen LogP contribution >= 0.6 is 11.6 Å². The first kappa shape index (κ1) is 13.1. The van der Waals surface area contributed by atoms with Gasteiger partial charge in [-0.3, -0.25) is 0 Å². The molecule has 0 aliphatic carbocycles. The summed E-state index contributed by atoms with van der Waals surface area (Å²) >= 11 is 5.73. The van der Waals surface area contributed by atoms with Crippen molar-refractivity contribution in [3.05, 3.63) is 70.4 Å². The molecule has 20 heavy (non-hydrogen) atoms. The zero-order chi connectivity index (χ0) is 14.3. The maximum absolute atomic E-state index is 13.9. The van der Waals surface area contributed by atoms with Gasteiger partial charge < -0.3 is 10.2 Å². The largest absolute Gasteiger partial charge is 0.456 e. The second-order valence-electron chi connectivity index (χ2n) is 4.43. The average Bonchev–Trinajstić information content (AvgIpc) is 2.87. The van der Waals surface area contributed by atoms with E-state index < -0.39 is 17.7 Å². The van der Waals surface area contributed by atoms with Crippen LogP contribution in [-0.4, -0.2) is 0 Å². The molecule has 0 amide bonds. The monoisotopic (exact) mass is 293 g/mol. The van der Waals surface area contributed by atoms with Crippen LogP contribution in [0.15, 0.2) is 46.9 Å². The number of benzene rings is 2. The number of hydrogen-bond acceptors (Lipinski definition) is 2. The normalized spacial score (nSPS) is 12.8. The smallest absolute Gasteiger partial charge is 0.169 e. The number of fused-ring (bicyclic) bond motifs is 1. The number of halogens is 3. The highest BCUT2D eigenvalue weighted by Gasteiger charge is 2.20. The number of para-hydroxylation sites is 1. The van der Waals surface area contributed by atoms with E-state index in [0.29, 0.717) is 5.39 Å². The molecule has 0 spiro atoms. The molecule has 1 atom stereocenters. The van der Waals surface area contributed by atoms with E-state index in [1.165, 1.54) is 18.2 Å². The Bertz CT molecular complexity index is 785. The zero-order valence-corrected chi connectivity index (χ0v) is 11.0. The van der Waals surface area contributed by atoms with Gasteiger partial charge in [0.25, 0.3) is 0 Å². The Morgan fingerprint density at radius 1 is 1.10 bits per heavy atom. The van der Waals surface area contributed by atoms with Gasteiger partial charge in [-0.25, -0.2) is 8.78 Å². The number of hydrogen-bond donors (Lipinski definition) is 1. The van der Waals surface area contributed by atoms with Crippen LogP contribution in [0, 0.1) is 11.6 Å². The number of rotatable bonds is 2. The minimum absolute atomic E-state index is 0.0137. The van der Waals surface area contributed by atoms with Crippen molar-refractivity contribution in [3.8, 4) is 0 Å². The molecule has 1 heterocycles. The number of furan rings is 1. The lowest BCUT2D eigenvalue weighted by Crippen LogP contribution is -2.12. The molecule has 3 rings (SSSR count). The van der Waals surface area contributed by atoms with Crippen molar-refractivity contribution in [1.82, 2.24) is 0 Å². The third-order valence-corrected chi connectivity index (χ3v) is 3.43. The van der Waals surface area contributed by atoms with Gasteiger partial charge in [0.05, 0.1) is 11.1 Å². The van der Waals surface area contributed by atoms with Crippen LogP contribution in [-0.2, 0) is 0 Å². The summed E-state index contributed by atoms with van der Waals surface area (Å²) in [4.78, 5) is 0. The van der Waals surface area contributed by atoms with Gasteiger partial charge in [-0.1, -0.05) is 35.9 Å². The van der Waals surface area contributed by atoms with Crippen molar-refractivity contribution in [1.29, 1.82) is 0 Å².